The summed E-state index contributed by atoms with van der Waals surface area (Å²) in [4.78, 5) is 4.31. The molecule has 0 spiro atoms. The smallest absolute Gasteiger partial charge is 0.149 e. The Labute approximate surface area is 140 Å². The molecule has 1 N–H and O–H groups in total. The second-order valence-corrected chi connectivity index (χ2v) is 6.36. The van der Waals surface area contributed by atoms with Crippen LogP contribution >= 0.6 is 0 Å². The van der Waals surface area contributed by atoms with E-state index in [0.717, 1.165) is 29.7 Å². The lowest BCUT2D eigenvalue weighted by Crippen LogP contribution is -2.00. The molecule has 0 saturated heterocycles. The predicted octanol–water partition coefficient (Wildman–Crippen LogP) is 6.34. The number of fused-ring (bicyclic) bond motifs is 1. The molecule has 0 bridgehead atoms. The van der Waals surface area contributed by atoms with Gasteiger partial charge in [-0.1, -0.05) is 76.3 Å². The Hall–Kier alpha value is -1.83. The summed E-state index contributed by atoms with van der Waals surface area (Å²) in [5.41, 5.74) is 2.99. The molecule has 124 valence electrons. The molecule has 2 nitrogen and oxygen atoms in total. The molecule has 0 aliphatic carbocycles. The van der Waals surface area contributed by atoms with Crippen LogP contribution in [0.15, 0.2) is 36.0 Å². The Morgan fingerprint density at radius 3 is 2.74 bits per heavy atom. The maximum absolute atomic E-state index is 10.5. The molecule has 0 radical (unpaired) electrons. The topological polar surface area (TPSA) is 33.1 Å². The fraction of sp³-hybridized carbons (Fsp3) is 0.476. The fourth-order valence-electron chi connectivity index (χ4n) is 3.10. The summed E-state index contributed by atoms with van der Waals surface area (Å²) in [6.07, 6.45) is 11.2. The average molecular weight is 311 g/mol. The van der Waals surface area contributed by atoms with Crippen LogP contribution in [0.2, 0.25) is 0 Å². The summed E-state index contributed by atoms with van der Waals surface area (Å²) < 4.78 is 0. The van der Waals surface area contributed by atoms with Gasteiger partial charge in [0.1, 0.15) is 11.3 Å². The van der Waals surface area contributed by atoms with E-state index in [4.69, 9.17) is 0 Å². The normalized spacial score (nSPS) is 13.4. The number of unbranched alkanes of at least 4 members (excludes halogenated alkanes) is 1. The monoisotopic (exact) mass is 311 g/mol. The third kappa shape index (κ3) is 4.57. The van der Waals surface area contributed by atoms with Crippen molar-refractivity contribution in [2.24, 2.45) is 5.92 Å². The second-order valence-electron chi connectivity index (χ2n) is 6.36. The van der Waals surface area contributed by atoms with Gasteiger partial charge in [0.25, 0.3) is 0 Å². The van der Waals surface area contributed by atoms with Gasteiger partial charge in [0.2, 0.25) is 0 Å². The molecule has 0 aliphatic rings. The van der Waals surface area contributed by atoms with Gasteiger partial charge in [0.05, 0.1) is 0 Å². The number of nitrogens with zero attached hydrogens (tertiary/aromatic N) is 1. The van der Waals surface area contributed by atoms with Crippen molar-refractivity contribution in [3.63, 3.8) is 0 Å². The fourth-order valence-corrected chi connectivity index (χ4v) is 3.10. The Bertz CT molecular complexity index is 660. The van der Waals surface area contributed by atoms with Crippen molar-refractivity contribution < 1.29 is 5.11 Å². The van der Waals surface area contributed by atoms with Crippen molar-refractivity contribution in [3.8, 4) is 5.75 Å². The molecule has 0 aliphatic heterocycles. The van der Waals surface area contributed by atoms with Gasteiger partial charge >= 0.3 is 0 Å². The van der Waals surface area contributed by atoms with Gasteiger partial charge in [-0.15, -0.1) is 0 Å². The molecule has 2 heteroatoms. The van der Waals surface area contributed by atoms with E-state index in [9.17, 15) is 5.11 Å². The van der Waals surface area contributed by atoms with Crippen molar-refractivity contribution in [3.05, 3.63) is 41.6 Å². The molecule has 1 unspecified atom stereocenters. The van der Waals surface area contributed by atoms with Crippen LogP contribution in [0, 0.1) is 5.92 Å². The van der Waals surface area contributed by atoms with E-state index in [-0.39, 0.29) is 0 Å². The van der Waals surface area contributed by atoms with Crippen LogP contribution in [0.1, 0.15) is 64.9 Å². The molecule has 1 heterocycles. The van der Waals surface area contributed by atoms with Crippen molar-refractivity contribution in [1.29, 1.82) is 0 Å². The maximum atomic E-state index is 10.5. The van der Waals surface area contributed by atoms with Gasteiger partial charge in [-0.2, -0.15) is 0 Å². The highest BCUT2D eigenvalue weighted by Crippen LogP contribution is 2.31. The van der Waals surface area contributed by atoms with Gasteiger partial charge in [0, 0.05) is 17.1 Å². The Balaban J connectivity index is 2.25. The lowest BCUT2D eigenvalue weighted by Gasteiger charge is -2.16. The molecule has 0 fully saturated rings. The van der Waals surface area contributed by atoms with E-state index in [2.05, 4.69) is 31.8 Å². The SMILES string of the molecule is CCCCC(CC)CC(=Cc1ccc2cccnc2c1O)CC. The van der Waals surface area contributed by atoms with Crippen molar-refractivity contribution in [2.45, 2.75) is 59.3 Å². The summed E-state index contributed by atoms with van der Waals surface area (Å²) in [7, 11) is 0. The zero-order valence-electron chi connectivity index (χ0n) is 14.7. The highest BCUT2D eigenvalue weighted by molar-refractivity contribution is 5.88. The molecule has 0 amide bonds. The largest absolute Gasteiger partial charge is 0.505 e. The second kappa shape index (κ2) is 8.71. The summed E-state index contributed by atoms with van der Waals surface area (Å²) in [6, 6.07) is 7.92. The molecule has 2 aromatic rings. The van der Waals surface area contributed by atoms with E-state index in [1.54, 1.807) is 6.20 Å². The Kier molecular flexibility index (Phi) is 6.64. The number of phenolic OH excluding ortho intramolecular Hbond substituents is 1. The highest BCUT2D eigenvalue weighted by atomic mass is 16.3. The zero-order valence-corrected chi connectivity index (χ0v) is 14.7. The number of rotatable bonds is 8. The highest BCUT2D eigenvalue weighted by Gasteiger charge is 2.10. The molecule has 1 aromatic carbocycles. The van der Waals surface area contributed by atoms with E-state index in [1.807, 2.05) is 24.3 Å². The lowest BCUT2D eigenvalue weighted by molar-refractivity contribution is 0.445. The van der Waals surface area contributed by atoms with E-state index in [0.29, 0.717) is 11.3 Å². The maximum Gasteiger partial charge on any atom is 0.149 e. The quantitative estimate of drug-likeness (QED) is 0.617. The third-order valence-corrected chi connectivity index (χ3v) is 4.69. The number of benzene rings is 1. The number of aromatic hydroxyl groups is 1. The van der Waals surface area contributed by atoms with Gasteiger partial charge in [0.15, 0.2) is 0 Å². The first-order valence-corrected chi connectivity index (χ1v) is 8.95. The molecular weight excluding hydrogens is 282 g/mol. The van der Waals surface area contributed by atoms with Crippen LogP contribution in [-0.4, -0.2) is 10.1 Å². The molecule has 1 atom stereocenters. The van der Waals surface area contributed by atoms with Crippen LogP contribution in [0.3, 0.4) is 0 Å². The first kappa shape index (κ1) is 17.5. The number of aromatic nitrogens is 1. The number of hydrogen-bond donors (Lipinski definition) is 1. The van der Waals surface area contributed by atoms with Crippen LogP contribution in [0.4, 0.5) is 0 Å². The standard InChI is InChI=1S/C21H29NO/c1-4-7-9-16(5-2)14-17(6-3)15-19-12-11-18-10-8-13-22-20(18)21(19)23/h8,10-13,15-16,23H,4-7,9,14H2,1-3H3. The minimum Gasteiger partial charge on any atom is -0.505 e. The molecule has 1 aromatic heterocycles. The van der Waals surface area contributed by atoms with Crippen molar-refractivity contribution in [2.75, 3.05) is 0 Å². The van der Waals surface area contributed by atoms with Gasteiger partial charge in [-0.25, -0.2) is 0 Å². The minimum absolute atomic E-state index is 0.302. The van der Waals surface area contributed by atoms with Crippen LogP contribution < -0.4 is 0 Å². The third-order valence-electron chi connectivity index (χ3n) is 4.69. The van der Waals surface area contributed by atoms with Crippen molar-refractivity contribution >= 4 is 17.0 Å². The zero-order chi connectivity index (χ0) is 16.7. The van der Waals surface area contributed by atoms with Gasteiger partial charge < -0.3 is 5.11 Å². The number of phenols is 1. The average Bonchev–Trinajstić information content (AvgIpc) is 2.59. The predicted molar refractivity (Wildman–Crippen MR) is 99.6 cm³/mol. The lowest BCUT2D eigenvalue weighted by atomic mass is 9.90. The summed E-state index contributed by atoms with van der Waals surface area (Å²) >= 11 is 0. The van der Waals surface area contributed by atoms with E-state index >= 15 is 0 Å². The van der Waals surface area contributed by atoms with Gasteiger partial charge in [-0.3, -0.25) is 4.98 Å². The Morgan fingerprint density at radius 1 is 1.22 bits per heavy atom. The Morgan fingerprint density at radius 2 is 2.04 bits per heavy atom. The van der Waals surface area contributed by atoms with Crippen LogP contribution in [0.25, 0.3) is 17.0 Å². The van der Waals surface area contributed by atoms with E-state index in [1.165, 1.54) is 31.3 Å². The van der Waals surface area contributed by atoms with E-state index < -0.39 is 0 Å². The summed E-state index contributed by atoms with van der Waals surface area (Å²) in [5.74, 6) is 1.05. The van der Waals surface area contributed by atoms with Crippen molar-refractivity contribution in [1.82, 2.24) is 4.98 Å². The number of hydrogen-bond acceptors (Lipinski definition) is 2. The summed E-state index contributed by atoms with van der Waals surface area (Å²) in [5, 5.41) is 11.5. The molecular formula is C21H29NO. The minimum atomic E-state index is 0.302. The number of allylic oxidation sites excluding steroid dienone is 1. The number of pyridine rings is 1. The summed E-state index contributed by atoms with van der Waals surface area (Å²) in [6.45, 7) is 6.74. The van der Waals surface area contributed by atoms with Crippen LogP contribution in [0.5, 0.6) is 5.75 Å². The molecule has 23 heavy (non-hydrogen) atoms. The first-order valence-electron chi connectivity index (χ1n) is 8.95. The van der Waals surface area contributed by atoms with Gasteiger partial charge in [-0.05, 0) is 24.8 Å². The first-order chi connectivity index (χ1) is 11.2. The molecule has 0 saturated carbocycles. The molecule has 2 rings (SSSR count). The van der Waals surface area contributed by atoms with Crippen LogP contribution in [-0.2, 0) is 0 Å².